The Morgan fingerprint density at radius 2 is 1.60 bits per heavy atom. The molecule has 0 aromatic heterocycles. The van der Waals surface area contributed by atoms with Crippen molar-refractivity contribution in [1.29, 1.82) is 0 Å². The molecule has 0 radical (unpaired) electrons. The van der Waals surface area contributed by atoms with Crippen LogP contribution in [0.2, 0.25) is 0 Å². The number of nitrogens with one attached hydrogen (secondary N) is 2. The van der Waals surface area contributed by atoms with Crippen molar-refractivity contribution < 1.29 is 19.1 Å². The highest BCUT2D eigenvalue weighted by molar-refractivity contribution is 6.09. The Hall–Kier alpha value is -3.35. The number of urea groups is 1. The fourth-order valence-corrected chi connectivity index (χ4v) is 4.73. The van der Waals surface area contributed by atoms with Gasteiger partial charge in [0.05, 0.1) is 6.04 Å². The normalized spacial score (nSPS) is 19.7. The van der Waals surface area contributed by atoms with Crippen LogP contribution in [0.1, 0.15) is 49.3 Å². The Balaban J connectivity index is 1.36. The molecule has 1 saturated carbocycles. The van der Waals surface area contributed by atoms with E-state index in [1.165, 1.54) is 0 Å². The van der Waals surface area contributed by atoms with Gasteiger partial charge < -0.3 is 15.4 Å². The number of hydrogen-bond acceptors (Lipinski definition) is 4. The topological polar surface area (TPSA) is 87.7 Å². The monoisotopic (exact) mass is 405 g/mol. The number of imide groups is 1. The molecule has 30 heavy (non-hydrogen) atoms. The molecule has 3 aliphatic rings. The second-order valence-corrected chi connectivity index (χ2v) is 8.14. The summed E-state index contributed by atoms with van der Waals surface area (Å²) >= 11 is 0. The highest BCUT2D eigenvalue weighted by Crippen LogP contribution is 2.42. The molecule has 7 heteroatoms. The van der Waals surface area contributed by atoms with Gasteiger partial charge in [0.1, 0.15) is 23.6 Å². The molecule has 4 amide bonds. The summed E-state index contributed by atoms with van der Waals surface area (Å²) in [5.41, 5.74) is 0.851. The Kier molecular flexibility index (Phi) is 4.46. The lowest BCUT2D eigenvalue weighted by atomic mass is 9.82. The smallest absolute Gasteiger partial charge is 0.325 e. The molecule has 0 bridgehead atoms. The average molecular weight is 405 g/mol. The third-order valence-corrected chi connectivity index (χ3v) is 6.24. The fourth-order valence-electron chi connectivity index (χ4n) is 4.73. The van der Waals surface area contributed by atoms with E-state index in [9.17, 15) is 14.4 Å². The Morgan fingerprint density at radius 1 is 1.00 bits per heavy atom. The van der Waals surface area contributed by atoms with E-state index in [1.54, 1.807) is 0 Å². The van der Waals surface area contributed by atoms with Crippen LogP contribution in [-0.2, 0) is 9.59 Å². The van der Waals surface area contributed by atoms with Crippen molar-refractivity contribution >= 4 is 17.8 Å². The van der Waals surface area contributed by atoms with Crippen LogP contribution in [0.3, 0.4) is 0 Å². The summed E-state index contributed by atoms with van der Waals surface area (Å²) in [5, 5.41) is 5.84. The van der Waals surface area contributed by atoms with Crippen LogP contribution in [-0.4, -0.2) is 34.8 Å². The van der Waals surface area contributed by atoms with Crippen molar-refractivity contribution in [2.45, 2.75) is 43.7 Å². The van der Waals surface area contributed by atoms with Crippen LogP contribution in [0.15, 0.2) is 48.5 Å². The summed E-state index contributed by atoms with van der Waals surface area (Å²) in [5.74, 6) is 0.688. The number of carbonyl (C=O) groups excluding carboxylic acids is 3. The quantitative estimate of drug-likeness (QED) is 0.768. The van der Waals surface area contributed by atoms with Gasteiger partial charge in [0, 0.05) is 11.1 Å². The predicted molar refractivity (Wildman–Crippen MR) is 109 cm³/mol. The number of carbonyl (C=O) groups is 3. The number of ether oxygens (including phenoxy) is 1. The zero-order chi connectivity index (χ0) is 20.7. The van der Waals surface area contributed by atoms with Gasteiger partial charge in [0.25, 0.3) is 5.91 Å². The summed E-state index contributed by atoms with van der Waals surface area (Å²) in [6, 6.07) is 14.2. The van der Waals surface area contributed by atoms with Crippen molar-refractivity contribution in [3.8, 4) is 11.5 Å². The number of hydrogen-bond donors (Lipinski definition) is 2. The van der Waals surface area contributed by atoms with Crippen LogP contribution < -0.4 is 15.4 Å². The molecule has 1 aliphatic carbocycles. The standard InChI is InChI=1S/C23H23N3O4/c27-19(14-26-21(28)23(25-22(26)29)12-6-1-7-13-23)24-20-15-8-2-4-10-17(15)30-18-11-5-3-9-16(18)20/h2-5,8-11,20H,1,6-7,12-14H2,(H,24,27)(H,25,29). The second-order valence-electron chi connectivity index (χ2n) is 8.14. The fraction of sp³-hybridized carbons (Fsp3) is 0.348. The Labute approximate surface area is 174 Å². The third-order valence-electron chi connectivity index (χ3n) is 6.24. The van der Waals surface area contributed by atoms with E-state index < -0.39 is 17.6 Å². The molecule has 1 saturated heterocycles. The number of fused-ring (bicyclic) bond motifs is 2. The Morgan fingerprint density at radius 3 is 2.23 bits per heavy atom. The van der Waals surface area contributed by atoms with Crippen LogP contribution in [0, 0.1) is 0 Å². The predicted octanol–water partition coefficient (Wildman–Crippen LogP) is 3.25. The SMILES string of the molecule is O=C(CN1C(=O)NC2(CCCCC2)C1=O)NC1c2ccccc2Oc2ccccc21. The summed E-state index contributed by atoms with van der Waals surface area (Å²) in [4.78, 5) is 39.4. The lowest BCUT2D eigenvalue weighted by molar-refractivity contribution is -0.136. The highest BCUT2D eigenvalue weighted by Gasteiger charge is 2.51. The van der Waals surface area contributed by atoms with Gasteiger partial charge in [-0.3, -0.25) is 14.5 Å². The summed E-state index contributed by atoms with van der Waals surface area (Å²) < 4.78 is 5.95. The van der Waals surface area contributed by atoms with E-state index in [-0.39, 0.29) is 18.4 Å². The number of amides is 4. The first kappa shape index (κ1) is 18.7. The van der Waals surface area contributed by atoms with Crippen LogP contribution in [0.4, 0.5) is 4.79 Å². The maximum Gasteiger partial charge on any atom is 0.325 e. The van der Waals surface area contributed by atoms with Gasteiger partial charge in [-0.05, 0) is 25.0 Å². The molecule has 2 N–H and O–H groups in total. The molecule has 7 nitrogen and oxygen atoms in total. The van der Waals surface area contributed by atoms with E-state index in [2.05, 4.69) is 10.6 Å². The summed E-state index contributed by atoms with van der Waals surface area (Å²) in [7, 11) is 0. The highest BCUT2D eigenvalue weighted by atomic mass is 16.5. The van der Waals surface area contributed by atoms with E-state index in [4.69, 9.17) is 4.74 Å². The van der Waals surface area contributed by atoms with Gasteiger partial charge >= 0.3 is 6.03 Å². The average Bonchev–Trinajstić information content (AvgIpc) is 2.98. The number of rotatable bonds is 3. The largest absolute Gasteiger partial charge is 0.457 e. The first-order chi connectivity index (χ1) is 14.6. The molecule has 0 atom stereocenters. The van der Waals surface area contributed by atoms with E-state index in [0.29, 0.717) is 24.3 Å². The minimum Gasteiger partial charge on any atom is -0.457 e. The van der Waals surface area contributed by atoms with Gasteiger partial charge in [-0.25, -0.2) is 4.79 Å². The lowest BCUT2D eigenvalue weighted by Crippen LogP contribution is -2.49. The molecular weight excluding hydrogens is 382 g/mol. The molecule has 5 rings (SSSR count). The van der Waals surface area contributed by atoms with Gasteiger partial charge in [0.15, 0.2) is 0 Å². The van der Waals surface area contributed by atoms with Crippen LogP contribution in [0.5, 0.6) is 11.5 Å². The third kappa shape index (κ3) is 3.01. The van der Waals surface area contributed by atoms with Gasteiger partial charge in [-0.1, -0.05) is 55.7 Å². The number of benzene rings is 2. The number of para-hydroxylation sites is 2. The molecule has 2 aromatic rings. The first-order valence-corrected chi connectivity index (χ1v) is 10.4. The minimum absolute atomic E-state index is 0.282. The van der Waals surface area contributed by atoms with Gasteiger partial charge in [0.2, 0.25) is 5.91 Å². The first-order valence-electron chi connectivity index (χ1n) is 10.4. The Bertz CT molecular complexity index is 983. The van der Waals surface area contributed by atoms with Crippen molar-refractivity contribution in [2.75, 3.05) is 6.54 Å². The number of nitrogens with zero attached hydrogens (tertiary/aromatic N) is 1. The van der Waals surface area contributed by atoms with E-state index in [0.717, 1.165) is 35.3 Å². The molecular formula is C23H23N3O4. The molecule has 1 spiro atoms. The second kappa shape index (κ2) is 7.16. The van der Waals surface area contributed by atoms with Crippen molar-refractivity contribution in [3.63, 3.8) is 0 Å². The van der Waals surface area contributed by atoms with Gasteiger partial charge in [-0.15, -0.1) is 0 Å². The lowest BCUT2D eigenvalue weighted by Gasteiger charge is -2.30. The molecule has 2 aromatic carbocycles. The van der Waals surface area contributed by atoms with Crippen molar-refractivity contribution in [3.05, 3.63) is 59.7 Å². The maximum absolute atomic E-state index is 13.0. The van der Waals surface area contributed by atoms with E-state index in [1.807, 2.05) is 48.5 Å². The molecule has 2 fully saturated rings. The van der Waals surface area contributed by atoms with Crippen LogP contribution in [0.25, 0.3) is 0 Å². The van der Waals surface area contributed by atoms with Crippen molar-refractivity contribution in [1.82, 2.24) is 15.5 Å². The summed E-state index contributed by atoms with van der Waals surface area (Å²) in [6.45, 7) is -0.298. The zero-order valence-electron chi connectivity index (χ0n) is 16.5. The zero-order valence-corrected chi connectivity index (χ0v) is 16.5. The molecule has 154 valence electrons. The molecule has 2 aliphatic heterocycles. The van der Waals surface area contributed by atoms with Gasteiger partial charge in [-0.2, -0.15) is 0 Å². The molecule has 2 heterocycles. The maximum atomic E-state index is 13.0. The van der Waals surface area contributed by atoms with Crippen molar-refractivity contribution in [2.24, 2.45) is 0 Å². The molecule has 0 unspecified atom stereocenters. The van der Waals surface area contributed by atoms with E-state index >= 15 is 0 Å². The minimum atomic E-state index is -0.826. The van der Waals surface area contributed by atoms with Crippen LogP contribution >= 0.6 is 0 Å². The summed E-state index contributed by atoms with van der Waals surface area (Å²) in [6.07, 6.45) is 4.14.